The fraction of sp³-hybridized carbons (Fsp3) is 0.562. The van der Waals surface area contributed by atoms with E-state index in [0.29, 0.717) is 26.3 Å². The van der Waals surface area contributed by atoms with E-state index in [4.69, 9.17) is 14.2 Å². The lowest BCUT2D eigenvalue weighted by molar-refractivity contribution is -0.0388. The number of nitrogens with zero attached hydrogens (tertiary/aromatic N) is 1. The largest absolute Gasteiger partial charge is 0.445 e. The van der Waals surface area contributed by atoms with E-state index in [9.17, 15) is 4.79 Å². The van der Waals surface area contributed by atoms with Gasteiger partial charge in [0.25, 0.3) is 0 Å². The van der Waals surface area contributed by atoms with Crippen LogP contribution in [0.5, 0.6) is 0 Å². The number of likely N-dealkylation sites (tertiary alicyclic amines) is 1. The summed E-state index contributed by atoms with van der Waals surface area (Å²) in [4.78, 5) is 13.8. The van der Waals surface area contributed by atoms with Gasteiger partial charge in [0.2, 0.25) is 0 Å². The van der Waals surface area contributed by atoms with Crippen molar-refractivity contribution in [3.8, 4) is 0 Å². The van der Waals surface area contributed by atoms with Crippen LogP contribution in [0.3, 0.4) is 0 Å². The Morgan fingerprint density at radius 3 is 2.19 bits per heavy atom. The number of carbonyl (C=O) groups excluding carboxylic acids is 1. The maximum absolute atomic E-state index is 12.1. The Morgan fingerprint density at radius 2 is 1.67 bits per heavy atom. The van der Waals surface area contributed by atoms with Gasteiger partial charge in [0, 0.05) is 13.2 Å². The summed E-state index contributed by atoms with van der Waals surface area (Å²) in [5.74, 6) is 0. The molecular formula is C16H23NO4. The van der Waals surface area contributed by atoms with Crippen molar-refractivity contribution in [2.45, 2.75) is 32.7 Å². The lowest BCUT2D eigenvalue weighted by Crippen LogP contribution is -2.30. The summed E-state index contributed by atoms with van der Waals surface area (Å²) in [6.45, 7) is 6.44. The molecule has 0 aromatic heterocycles. The maximum Gasteiger partial charge on any atom is 0.410 e. The van der Waals surface area contributed by atoms with Gasteiger partial charge in [-0.05, 0) is 19.4 Å². The minimum absolute atomic E-state index is 0.0702. The van der Waals surface area contributed by atoms with Crippen LogP contribution in [0.25, 0.3) is 0 Å². The molecule has 1 fully saturated rings. The molecule has 21 heavy (non-hydrogen) atoms. The number of ether oxygens (including phenoxy) is 3. The van der Waals surface area contributed by atoms with Crippen molar-refractivity contribution in [3.05, 3.63) is 35.9 Å². The summed E-state index contributed by atoms with van der Waals surface area (Å²) in [6.07, 6.45) is -0.454. The van der Waals surface area contributed by atoms with Crippen LogP contribution in [0.4, 0.5) is 4.79 Å². The molecule has 1 aromatic carbocycles. The van der Waals surface area contributed by atoms with Gasteiger partial charge in [-0.1, -0.05) is 30.3 Å². The van der Waals surface area contributed by atoms with Gasteiger partial charge < -0.3 is 19.1 Å². The van der Waals surface area contributed by atoms with Crippen molar-refractivity contribution in [2.75, 3.05) is 26.3 Å². The SMILES string of the molecule is CCOC1CN(C(=O)OCc2ccccc2)CC1OCC. The first-order valence-corrected chi connectivity index (χ1v) is 7.43. The smallest absolute Gasteiger partial charge is 0.410 e. The quantitative estimate of drug-likeness (QED) is 0.808. The molecule has 5 nitrogen and oxygen atoms in total. The summed E-state index contributed by atoms with van der Waals surface area (Å²) in [6, 6.07) is 9.65. The van der Waals surface area contributed by atoms with Crippen molar-refractivity contribution in [1.82, 2.24) is 4.90 Å². The van der Waals surface area contributed by atoms with Gasteiger partial charge in [-0.2, -0.15) is 0 Å². The van der Waals surface area contributed by atoms with Gasteiger partial charge in [-0.3, -0.25) is 0 Å². The summed E-state index contributed by atoms with van der Waals surface area (Å²) >= 11 is 0. The Morgan fingerprint density at radius 1 is 1.10 bits per heavy atom. The van der Waals surface area contributed by atoms with Crippen LogP contribution in [0.2, 0.25) is 0 Å². The zero-order valence-electron chi connectivity index (χ0n) is 12.7. The summed E-state index contributed by atoms with van der Waals surface area (Å²) < 4.78 is 16.6. The van der Waals surface area contributed by atoms with E-state index < -0.39 is 0 Å². The fourth-order valence-electron chi connectivity index (χ4n) is 2.45. The third kappa shape index (κ3) is 4.44. The van der Waals surface area contributed by atoms with Crippen LogP contribution in [0.1, 0.15) is 19.4 Å². The fourth-order valence-corrected chi connectivity index (χ4v) is 2.45. The molecule has 1 aromatic rings. The molecule has 116 valence electrons. The predicted molar refractivity (Wildman–Crippen MR) is 79.0 cm³/mol. The second-order valence-corrected chi connectivity index (χ2v) is 4.93. The molecule has 2 rings (SSSR count). The lowest BCUT2D eigenvalue weighted by Gasteiger charge is -2.17. The minimum atomic E-state index is -0.314. The highest BCUT2D eigenvalue weighted by atomic mass is 16.6. The van der Waals surface area contributed by atoms with E-state index >= 15 is 0 Å². The Labute approximate surface area is 125 Å². The molecule has 1 aliphatic heterocycles. The van der Waals surface area contributed by atoms with Gasteiger partial charge in [0.1, 0.15) is 18.8 Å². The Balaban J connectivity index is 1.85. The monoisotopic (exact) mass is 293 g/mol. The van der Waals surface area contributed by atoms with Crippen LogP contribution in [0.15, 0.2) is 30.3 Å². The average molecular weight is 293 g/mol. The normalized spacial score (nSPS) is 21.5. The highest BCUT2D eigenvalue weighted by Crippen LogP contribution is 2.18. The Kier molecular flexibility index (Phi) is 6.02. The molecule has 0 saturated carbocycles. The number of carbonyl (C=O) groups is 1. The summed E-state index contributed by atoms with van der Waals surface area (Å²) in [5.41, 5.74) is 0.979. The van der Waals surface area contributed by atoms with Crippen molar-refractivity contribution < 1.29 is 19.0 Å². The average Bonchev–Trinajstić information content (AvgIpc) is 2.90. The minimum Gasteiger partial charge on any atom is -0.445 e. The first-order chi connectivity index (χ1) is 10.2. The third-order valence-electron chi connectivity index (χ3n) is 3.44. The molecule has 0 aliphatic carbocycles. The maximum atomic E-state index is 12.1. The van der Waals surface area contributed by atoms with Crippen LogP contribution in [-0.4, -0.2) is 49.5 Å². The summed E-state index contributed by atoms with van der Waals surface area (Å²) in [5, 5.41) is 0. The second-order valence-electron chi connectivity index (χ2n) is 4.93. The summed E-state index contributed by atoms with van der Waals surface area (Å²) in [7, 11) is 0. The van der Waals surface area contributed by atoms with Crippen LogP contribution in [0, 0.1) is 0 Å². The highest BCUT2D eigenvalue weighted by molar-refractivity contribution is 5.68. The number of hydrogen-bond acceptors (Lipinski definition) is 4. The van der Waals surface area contributed by atoms with Gasteiger partial charge in [0.05, 0.1) is 13.1 Å². The van der Waals surface area contributed by atoms with Gasteiger partial charge >= 0.3 is 6.09 Å². The molecule has 2 atom stereocenters. The Bertz CT molecular complexity index is 423. The first-order valence-electron chi connectivity index (χ1n) is 7.43. The topological polar surface area (TPSA) is 48.0 Å². The standard InChI is InChI=1S/C16H23NO4/c1-3-19-14-10-17(11-15(14)20-4-2)16(18)21-12-13-8-6-5-7-9-13/h5-9,14-15H,3-4,10-12H2,1-2H3. The molecule has 1 heterocycles. The number of rotatable bonds is 6. The first kappa shape index (κ1) is 15.8. The molecule has 1 saturated heterocycles. The zero-order chi connectivity index (χ0) is 15.1. The van der Waals surface area contributed by atoms with Crippen molar-refractivity contribution in [3.63, 3.8) is 0 Å². The van der Waals surface area contributed by atoms with Gasteiger partial charge in [-0.25, -0.2) is 4.79 Å². The Hall–Kier alpha value is -1.59. The second kappa shape index (κ2) is 8.00. The number of hydrogen-bond donors (Lipinski definition) is 0. The van der Waals surface area contributed by atoms with E-state index in [1.54, 1.807) is 4.90 Å². The van der Waals surface area contributed by atoms with Gasteiger partial charge in [-0.15, -0.1) is 0 Å². The predicted octanol–water partition coefficient (Wildman–Crippen LogP) is 2.45. The number of amides is 1. The van der Waals surface area contributed by atoms with Crippen LogP contribution in [-0.2, 0) is 20.8 Å². The van der Waals surface area contributed by atoms with E-state index in [-0.39, 0.29) is 24.9 Å². The molecule has 2 unspecified atom stereocenters. The van der Waals surface area contributed by atoms with E-state index in [2.05, 4.69) is 0 Å². The molecule has 0 N–H and O–H groups in total. The van der Waals surface area contributed by atoms with E-state index in [1.807, 2.05) is 44.2 Å². The highest BCUT2D eigenvalue weighted by Gasteiger charge is 2.37. The third-order valence-corrected chi connectivity index (χ3v) is 3.44. The molecule has 1 aliphatic rings. The van der Waals surface area contributed by atoms with Crippen molar-refractivity contribution in [2.24, 2.45) is 0 Å². The molecule has 1 amide bonds. The van der Waals surface area contributed by atoms with Crippen molar-refractivity contribution >= 4 is 6.09 Å². The molecule has 0 radical (unpaired) electrons. The number of benzene rings is 1. The van der Waals surface area contributed by atoms with Crippen LogP contribution >= 0.6 is 0 Å². The van der Waals surface area contributed by atoms with E-state index in [1.165, 1.54) is 0 Å². The molecular weight excluding hydrogens is 270 g/mol. The molecule has 5 heteroatoms. The molecule has 0 spiro atoms. The lowest BCUT2D eigenvalue weighted by atomic mass is 10.2. The van der Waals surface area contributed by atoms with Gasteiger partial charge in [0.15, 0.2) is 0 Å². The van der Waals surface area contributed by atoms with Crippen LogP contribution < -0.4 is 0 Å². The molecule has 0 bridgehead atoms. The van der Waals surface area contributed by atoms with E-state index in [0.717, 1.165) is 5.56 Å². The van der Waals surface area contributed by atoms with Crippen molar-refractivity contribution in [1.29, 1.82) is 0 Å². The zero-order valence-corrected chi connectivity index (χ0v) is 12.7.